The topological polar surface area (TPSA) is 87.2 Å². The van der Waals surface area contributed by atoms with Crippen molar-refractivity contribution in [1.82, 2.24) is 15.3 Å². The Hall–Kier alpha value is -1.28. The number of ether oxygens (including phenoxy) is 1. The molecule has 0 unspecified atom stereocenters. The Morgan fingerprint density at radius 2 is 2.20 bits per heavy atom. The summed E-state index contributed by atoms with van der Waals surface area (Å²) < 4.78 is 5.13. The Morgan fingerprint density at radius 3 is 2.95 bits per heavy atom. The third-order valence-corrected chi connectivity index (χ3v) is 4.14. The van der Waals surface area contributed by atoms with Gasteiger partial charge in [-0.1, -0.05) is 0 Å². The second-order valence-electron chi connectivity index (χ2n) is 4.49. The highest BCUT2D eigenvalue weighted by Gasteiger charge is 2.11. The minimum absolute atomic E-state index is 0.0304. The normalized spacial score (nSPS) is 11.3. The van der Waals surface area contributed by atoms with Gasteiger partial charge in [-0.15, -0.1) is 11.3 Å². The van der Waals surface area contributed by atoms with E-state index in [4.69, 9.17) is 9.84 Å². The Labute approximate surface area is 120 Å². The number of aliphatic hydroxyl groups is 1. The molecule has 0 spiro atoms. The molecule has 7 heteroatoms. The number of hydrogen-bond acceptors (Lipinski definition) is 6. The zero-order valence-corrected chi connectivity index (χ0v) is 12.5. The number of fused-ring (bicyclic) bond motifs is 1. The van der Waals surface area contributed by atoms with Crippen molar-refractivity contribution in [2.45, 2.75) is 20.4 Å². The number of hydrogen-bond donors (Lipinski definition) is 3. The number of nitrogens with one attached hydrogen (secondary N) is 2. The molecule has 0 aliphatic rings. The van der Waals surface area contributed by atoms with E-state index in [1.165, 1.54) is 0 Å². The molecule has 2 heterocycles. The van der Waals surface area contributed by atoms with E-state index in [2.05, 4.69) is 15.3 Å². The fourth-order valence-electron chi connectivity index (χ4n) is 1.90. The lowest BCUT2D eigenvalue weighted by atomic mass is 10.2. The summed E-state index contributed by atoms with van der Waals surface area (Å²) in [6.45, 7) is 5.97. The monoisotopic (exact) mass is 297 g/mol. The van der Waals surface area contributed by atoms with Crippen molar-refractivity contribution in [3.05, 3.63) is 26.6 Å². The number of aliphatic hydroxyl groups excluding tert-OH is 1. The standard InChI is InChI=1S/C13H19N3O3S/c1-8-9(2)20-13-11(8)12(18)15-10(16-13)7-14-3-5-19-6-4-17/h14,17H,3-7H2,1-2H3,(H,15,16,18). The van der Waals surface area contributed by atoms with Gasteiger partial charge in [0.15, 0.2) is 0 Å². The minimum atomic E-state index is -0.0785. The summed E-state index contributed by atoms with van der Waals surface area (Å²) in [6.07, 6.45) is 0. The molecule has 0 aliphatic carbocycles. The molecule has 3 N–H and O–H groups in total. The molecular formula is C13H19N3O3S. The molecule has 110 valence electrons. The van der Waals surface area contributed by atoms with Gasteiger partial charge in [0, 0.05) is 11.4 Å². The minimum Gasteiger partial charge on any atom is -0.394 e. The lowest BCUT2D eigenvalue weighted by molar-refractivity contribution is 0.0937. The number of rotatable bonds is 7. The first-order valence-electron chi connectivity index (χ1n) is 6.51. The predicted octanol–water partition coefficient (Wildman–Crippen LogP) is 0.700. The number of thiophene rings is 1. The summed E-state index contributed by atoms with van der Waals surface area (Å²) in [5.74, 6) is 0.630. The number of nitrogens with zero attached hydrogens (tertiary/aromatic N) is 1. The lowest BCUT2D eigenvalue weighted by Crippen LogP contribution is -2.23. The van der Waals surface area contributed by atoms with Crippen LogP contribution in [0.3, 0.4) is 0 Å². The number of H-pyrrole nitrogens is 1. The fourth-order valence-corrected chi connectivity index (χ4v) is 2.95. The summed E-state index contributed by atoms with van der Waals surface area (Å²) in [5, 5.41) is 12.4. The van der Waals surface area contributed by atoms with E-state index in [0.717, 1.165) is 15.3 Å². The molecule has 6 nitrogen and oxygen atoms in total. The Kier molecular flexibility index (Phi) is 5.24. The maximum atomic E-state index is 12.0. The second-order valence-corrected chi connectivity index (χ2v) is 5.69. The van der Waals surface area contributed by atoms with Gasteiger partial charge in [-0.2, -0.15) is 0 Å². The first-order valence-corrected chi connectivity index (χ1v) is 7.33. The van der Waals surface area contributed by atoms with Crippen molar-refractivity contribution in [2.24, 2.45) is 0 Å². The lowest BCUT2D eigenvalue weighted by Gasteiger charge is -2.05. The Morgan fingerprint density at radius 1 is 1.40 bits per heavy atom. The maximum Gasteiger partial charge on any atom is 0.259 e. The van der Waals surface area contributed by atoms with Crippen molar-refractivity contribution in [1.29, 1.82) is 0 Å². The van der Waals surface area contributed by atoms with E-state index in [0.29, 0.717) is 37.5 Å². The van der Waals surface area contributed by atoms with Gasteiger partial charge >= 0.3 is 0 Å². The smallest absolute Gasteiger partial charge is 0.259 e. The molecule has 2 aromatic rings. The first-order chi connectivity index (χ1) is 9.63. The van der Waals surface area contributed by atoms with Gasteiger partial charge in [-0.25, -0.2) is 4.98 Å². The Bertz CT molecular complexity index is 636. The van der Waals surface area contributed by atoms with Crippen molar-refractivity contribution in [3.8, 4) is 0 Å². The van der Waals surface area contributed by atoms with Crippen LogP contribution in [0.25, 0.3) is 10.2 Å². The van der Waals surface area contributed by atoms with Crippen LogP contribution in [0, 0.1) is 13.8 Å². The largest absolute Gasteiger partial charge is 0.394 e. The summed E-state index contributed by atoms with van der Waals surface area (Å²) in [6, 6.07) is 0. The van der Waals surface area contributed by atoms with Crippen LogP contribution < -0.4 is 10.9 Å². The molecule has 0 bridgehead atoms. The van der Waals surface area contributed by atoms with Crippen LogP contribution in [-0.2, 0) is 11.3 Å². The van der Waals surface area contributed by atoms with E-state index in [1.807, 2.05) is 13.8 Å². The molecule has 0 fully saturated rings. The molecule has 0 amide bonds. The van der Waals surface area contributed by atoms with Crippen molar-refractivity contribution >= 4 is 21.6 Å². The molecule has 0 saturated carbocycles. The van der Waals surface area contributed by atoms with Gasteiger partial charge in [0.05, 0.1) is 31.8 Å². The molecule has 2 rings (SSSR count). The molecule has 0 aliphatic heterocycles. The van der Waals surface area contributed by atoms with Gasteiger partial charge in [-0.05, 0) is 19.4 Å². The summed E-state index contributed by atoms with van der Waals surface area (Å²) in [7, 11) is 0. The summed E-state index contributed by atoms with van der Waals surface area (Å²) in [4.78, 5) is 21.2. The van der Waals surface area contributed by atoms with Gasteiger partial charge in [0.25, 0.3) is 5.56 Å². The van der Waals surface area contributed by atoms with Crippen molar-refractivity contribution in [3.63, 3.8) is 0 Å². The highest BCUT2D eigenvalue weighted by atomic mass is 32.1. The average molecular weight is 297 g/mol. The average Bonchev–Trinajstić information content (AvgIpc) is 2.69. The van der Waals surface area contributed by atoms with Crippen LogP contribution in [0.5, 0.6) is 0 Å². The molecule has 20 heavy (non-hydrogen) atoms. The molecule has 0 saturated heterocycles. The van der Waals surface area contributed by atoms with Crippen LogP contribution in [0.2, 0.25) is 0 Å². The van der Waals surface area contributed by atoms with E-state index in [-0.39, 0.29) is 12.2 Å². The van der Waals surface area contributed by atoms with Gasteiger partial charge in [-0.3, -0.25) is 4.79 Å². The van der Waals surface area contributed by atoms with Gasteiger partial charge in [0.2, 0.25) is 0 Å². The number of aromatic nitrogens is 2. The van der Waals surface area contributed by atoms with E-state index < -0.39 is 0 Å². The molecule has 0 radical (unpaired) electrons. The van der Waals surface area contributed by atoms with Gasteiger partial charge < -0.3 is 20.1 Å². The van der Waals surface area contributed by atoms with Crippen LogP contribution in [0.4, 0.5) is 0 Å². The molecular weight excluding hydrogens is 278 g/mol. The molecule has 0 atom stereocenters. The second kappa shape index (κ2) is 6.94. The summed E-state index contributed by atoms with van der Waals surface area (Å²) in [5.41, 5.74) is 0.931. The zero-order chi connectivity index (χ0) is 14.5. The highest BCUT2D eigenvalue weighted by molar-refractivity contribution is 7.18. The third kappa shape index (κ3) is 3.43. The van der Waals surface area contributed by atoms with Crippen LogP contribution in [-0.4, -0.2) is 41.4 Å². The Balaban J connectivity index is 2.00. The maximum absolute atomic E-state index is 12.0. The van der Waals surface area contributed by atoms with Gasteiger partial charge in [0.1, 0.15) is 10.7 Å². The van der Waals surface area contributed by atoms with E-state index in [1.54, 1.807) is 11.3 Å². The third-order valence-electron chi connectivity index (χ3n) is 3.04. The van der Waals surface area contributed by atoms with E-state index >= 15 is 0 Å². The van der Waals surface area contributed by atoms with E-state index in [9.17, 15) is 4.79 Å². The highest BCUT2D eigenvalue weighted by Crippen LogP contribution is 2.25. The fraction of sp³-hybridized carbons (Fsp3) is 0.538. The zero-order valence-electron chi connectivity index (χ0n) is 11.7. The van der Waals surface area contributed by atoms with Crippen LogP contribution in [0.1, 0.15) is 16.3 Å². The molecule has 0 aromatic carbocycles. The summed E-state index contributed by atoms with van der Waals surface area (Å²) >= 11 is 1.55. The number of aromatic amines is 1. The predicted molar refractivity (Wildman–Crippen MR) is 79.3 cm³/mol. The van der Waals surface area contributed by atoms with Crippen LogP contribution >= 0.6 is 11.3 Å². The van der Waals surface area contributed by atoms with Crippen molar-refractivity contribution < 1.29 is 9.84 Å². The SMILES string of the molecule is Cc1sc2nc(CNCCOCCO)[nH]c(=O)c2c1C. The van der Waals surface area contributed by atoms with Crippen LogP contribution in [0.15, 0.2) is 4.79 Å². The number of aryl methyl sites for hydroxylation is 2. The molecule has 2 aromatic heterocycles. The first kappa shape index (κ1) is 15.1. The quantitative estimate of drug-likeness (QED) is 0.655. The van der Waals surface area contributed by atoms with Crippen molar-refractivity contribution in [2.75, 3.05) is 26.4 Å².